The SMILES string of the molecule is CC(Cl)C(=O)Nc1cccc2c1CCCC2. The maximum atomic E-state index is 11.6. The van der Waals surface area contributed by atoms with E-state index in [2.05, 4.69) is 11.4 Å². The number of amides is 1. The van der Waals surface area contributed by atoms with Gasteiger partial charge in [-0.2, -0.15) is 0 Å². The van der Waals surface area contributed by atoms with E-state index < -0.39 is 5.38 Å². The lowest BCUT2D eigenvalue weighted by atomic mass is 9.90. The monoisotopic (exact) mass is 237 g/mol. The average Bonchev–Trinajstić information content (AvgIpc) is 2.29. The van der Waals surface area contributed by atoms with Crippen molar-refractivity contribution in [2.24, 2.45) is 0 Å². The summed E-state index contributed by atoms with van der Waals surface area (Å²) in [5.74, 6) is -0.124. The molecule has 1 aromatic rings. The molecule has 16 heavy (non-hydrogen) atoms. The molecule has 2 rings (SSSR count). The van der Waals surface area contributed by atoms with E-state index in [1.54, 1.807) is 6.92 Å². The van der Waals surface area contributed by atoms with Crippen molar-refractivity contribution < 1.29 is 4.79 Å². The molecule has 1 unspecified atom stereocenters. The minimum atomic E-state index is -0.487. The molecule has 1 aliphatic rings. The van der Waals surface area contributed by atoms with Crippen LogP contribution in [0.3, 0.4) is 0 Å². The third-order valence-corrected chi connectivity index (χ3v) is 3.21. The minimum absolute atomic E-state index is 0.124. The zero-order valence-electron chi connectivity index (χ0n) is 9.42. The zero-order valence-corrected chi connectivity index (χ0v) is 10.2. The summed E-state index contributed by atoms with van der Waals surface area (Å²) in [6.07, 6.45) is 4.63. The van der Waals surface area contributed by atoms with Gasteiger partial charge in [-0.05, 0) is 49.8 Å². The van der Waals surface area contributed by atoms with Gasteiger partial charge in [0.1, 0.15) is 5.38 Å². The lowest BCUT2D eigenvalue weighted by Crippen LogP contribution is -2.21. The zero-order chi connectivity index (χ0) is 11.5. The summed E-state index contributed by atoms with van der Waals surface area (Å²) in [5, 5.41) is 2.41. The first-order valence-corrected chi connectivity index (χ1v) is 6.18. The summed E-state index contributed by atoms with van der Waals surface area (Å²) in [7, 11) is 0. The lowest BCUT2D eigenvalue weighted by molar-refractivity contribution is -0.115. The van der Waals surface area contributed by atoms with E-state index in [4.69, 9.17) is 11.6 Å². The van der Waals surface area contributed by atoms with Crippen LogP contribution in [0, 0.1) is 0 Å². The number of anilines is 1. The molecule has 0 radical (unpaired) electrons. The van der Waals surface area contributed by atoms with E-state index in [1.807, 2.05) is 12.1 Å². The molecule has 1 aromatic carbocycles. The molecule has 3 heteroatoms. The van der Waals surface area contributed by atoms with Crippen LogP contribution in [0.25, 0.3) is 0 Å². The van der Waals surface area contributed by atoms with Crippen LogP contribution in [0.2, 0.25) is 0 Å². The number of alkyl halides is 1. The fourth-order valence-electron chi connectivity index (χ4n) is 2.13. The summed E-state index contributed by atoms with van der Waals surface area (Å²) in [6.45, 7) is 1.69. The molecule has 0 saturated carbocycles. The lowest BCUT2D eigenvalue weighted by Gasteiger charge is -2.19. The quantitative estimate of drug-likeness (QED) is 0.787. The molecule has 0 fully saturated rings. The number of rotatable bonds is 2. The third kappa shape index (κ3) is 2.38. The molecule has 1 N–H and O–H groups in total. The van der Waals surface area contributed by atoms with Crippen molar-refractivity contribution in [1.29, 1.82) is 0 Å². The summed E-state index contributed by atoms with van der Waals surface area (Å²) in [5.41, 5.74) is 3.60. The molecule has 0 bridgehead atoms. The molecule has 1 amide bonds. The van der Waals surface area contributed by atoms with Gasteiger partial charge in [-0.25, -0.2) is 0 Å². The molecule has 0 saturated heterocycles. The Morgan fingerprint density at radius 2 is 2.12 bits per heavy atom. The van der Waals surface area contributed by atoms with Gasteiger partial charge in [-0.1, -0.05) is 12.1 Å². The van der Waals surface area contributed by atoms with Crippen LogP contribution in [0.5, 0.6) is 0 Å². The van der Waals surface area contributed by atoms with Gasteiger partial charge >= 0.3 is 0 Å². The Kier molecular flexibility index (Phi) is 3.49. The Bertz CT molecular complexity index is 401. The Labute approximate surface area is 101 Å². The highest BCUT2D eigenvalue weighted by Crippen LogP contribution is 2.27. The topological polar surface area (TPSA) is 29.1 Å². The fraction of sp³-hybridized carbons (Fsp3) is 0.462. The molecule has 1 aliphatic carbocycles. The number of fused-ring (bicyclic) bond motifs is 1. The molecule has 1 atom stereocenters. The summed E-state index contributed by atoms with van der Waals surface area (Å²) in [4.78, 5) is 11.6. The number of hydrogen-bond acceptors (Lipinski definition) is 1. The highest BCUT2D eigenvalue weighted by Gasteiger charge is 2.16. The van der Waals surface area contributed by atoms with E-state index in [0.717, 1.165) is 18.5 Å². The van der Waals surface area contributed by atoms with Gasteiger partial charge in [0, 0.05) is 5.69 Å². The first-order valence-electron chi connectivity index (χ1n) is 5.74. The third-order valence-electron chi connectivity index (χ3n) is 3.02. The maximum Gasteiger partial charge on any atom is 0.242 e. The van der Waals surface area contributed by atoms with E-state index >= 15 is 0 Å². The molecule has 2 nitrogen and oxygen atoms in total. The van der Waals surface area contributed by atoms with Crippen LogP contribution in [0.15, 0.2) is 18.2 Å². The van der Waals surface area contributed by atoms with E-state index in [9.17, 15) is 4.79 Å². The van der Waals surface area contributed by atoms with Gasteiger partial charge in [-0.3, -0.25) is 4.79 Å². The molecule has 0 heterocycles. The predicted octanol–water partition coefficient (Wildman–Crippen LogP) is 3.13. The van der Waals surface area contributed by atoms with Gasteiger partial charge < -0.3 is 5.32 Å². The average molecular weight is 238 g/mol. The van der Waals surface area contributed by atoms with Crippen LogP contribution in [0.1, 0.15) is 30.9 Å². The summed E-state index contributed by atoms with van der Waals surface area (Å²) < 4.78 is 0. The summed E-state index contributed by atoms with van der Waals surface area (Å²) in [6, 6.07) is 6.11. The number of halogens is 1. The Hall–Kier alpha value is -1.02. The Morgan fingerprint density at radius 1 is 1.38 bits per heavy atom. The maximum absolute atomic E-state index is 11.6. The molecule has 86 valence electrons. The van der Waals surface area contributed by atoms with Crippen molar-refractivity contribution >= 4 is 23.2 Å². The van der Waals surface area contributed by atoms with E-state index in [1.165, 1.54) is 24.0 Å². The van der Waals surface area contributed by atoms with Crippen LogP contribution in [-0.4, -0.2) is 11.3 Å². The predicted molar refractivity (Wildman–Crippen MR) is 67.0 cm³/mol. The first kappa shape index (κ1) is 11.5. The van der Waals surface area contributed by atoms with Crippen molar-refractivity contribution in [2.45, 2.75) is 38.0 Å². The first-order chi connectivity index (χ1) is 7.68. The van der Waals surface area contributed by atoms with Gasteiger partial charge in [0.25, 0.3) is 0 Å². The van der Waals surface area contributed by atoms with Gasteiger partial charge in [0.2, 0.25) is 5.91 Å². The number of aryl methyl sites for hydroxylation is 1. The largest absolute Gasteiger partial charge is 0.325 e. The second-order valence-electron chi connectivity index (χ2n) is 4.26. The van der Waals surface area contributed by atoms with E-state index in [-0.39, 0.29) is 5.91 Å². The van der Waals surface area contributed by atoms with Gasteiger partial charge in [-0.15, -0.1) is 11.6 Å². The van der Waals surface area contributed by atoms with E-state index in [0.29, 0.717) is 0 Å². The van der Waals surface area contributed by atoms with Crippen molar-refractivity contribution in [3.63, 3.8) is 0 Å². The second-order valence-corrected chi connectivity index (χ2v) is 4.91. The van der Waals surface area contributed by atoms with Crippen LogP contribution >= 0.6 is 11.6 Å². The summed E-state index contributed by atoms with van der Waals surface area (Å²) >= 11 is 5.75. The Morgan fingerprint density at radius 3 is 2.88 bits per heavy atom. The van der Waals surface area contributed by atoms with Crippen LogP contribution < -0.4 is 5.32 Å². The molecule has 0 spiro atoms. The van der Waals surface area contributed by atoms with Crippen LogP contribution in [-0.2, 0) is 17.6 Å². The standard InChI is InChI=1S/C13H16ClNO/c1-9(14)13(16)15-12-8-4-6-10-5-2-3-7-11(10)12/h4,6,8-9H,2-3,5,7H2,1H3,(H,15,16). The molecule has 0 aromatic heterocycles. The number of benzene rings is 1. The van der Waals surface area contributed by atoms with Crippen molar-refractivity contribution in [1.82, 2.24) is 0 Å². The number of carbonyl (C=O) groups excluding carboxylic acids is 1. The van der Waals surface area contributed by atoms with Crippen LogP contribution in [0.4, 0.5) is 5.69 Å². The fourth-order valence-corrected chi connectivity index (χ4v) is 2.19. The highest BCUT2D eigenvalue weighted by molar-refractivity contribution is 6.32. The molecular weight excluding hydrogens is 222 g/mol. The second kappa shape index (κ2) is 4.88. The molecule has 0 aliphatic heterocycles. The normalized spacial score (nSPS) is 16.4. The van der Waals surface area contributed by atoms with Crippen molar-refractivity contribution in [3.8, 4) is 0 Å². The van der Waals surface area contributed by atoms with Crippen molar-refractivity contribution in [2.75, 3.05) is 5.32 Å². The minimum Gasteiger partial charge on any atom is -0.325 e. The van der Waals surface area contributed by atoms with Gasteiger partial charge in [0.05, 0.1) is 0 Å². The Balaban J connectivity index is 2.24. The number of carbonyl (C=O) groups is 1. The number of nitrogens with one attached hydrogen (secondary N) is 1. The van der Waals surface area contributed by atoms with Gasteiger partial charge in [0.15, 0.2) is 0 Å². The number of hydrogen-bond donors (Lipinski definition) is 1. The highest BCUT2D eigenvalue weighted by atomic mass is 35.5. The smallest absolute Gasteiger partial charge is 0.242 e. The van der Waals surface area contributed by atoms with Crippen molar-refractivity contribution in [3.05, 3.63) is 29.3 Å². The molecular formula is C13H16ClNO.